The zero-order valence-corrected chi connectivity index (χ0v) is 20.1. The molecule has 5 heterocycles. The molecule has 2 fully saturated rings. The highest BCUT2D eigenvalue weighted by molar-refractivity contribution is 7.18. The number of fused-ring (bicyclic) bond motifs is 1. The van der Waals surface area contributed by atoms with Crippen molar-refractivity contribution in [1.29, 1.82) is 0 Å². The lowest BCUT2D eigenvalue weighted by Crippen LogP contribution is -2.59. The molecule has 0 radical (unpaired) electrons. The molecule has 2 saturated heterocycles. The third-order valence-corrected chi connectivity index (χ3v) is 7.94. The minimum Gasteiger partial charge on any atom is -0.394 e. The maximum Gasteiger partial charge on any atom is 0.393 e. The summed E-state index contributed by atoms with van der Waals surface area (Å²) in [6.07, 6.45) is 1.26. The Labute approximate surface area is 200 Å². The fourth-order valence-corrected chi connectivity index (χ4v) is 6.61. The maximum absolute atomic E-state index is 12.9. The Morgan fingerprint density at radius 1 is 1.21 bits per heavy atom. The second-order valence-electron chi connectivity index (χ2n) is 9.95. The van der Waals surface area contributed by atoms with Crippen LogP contribution in [0.15, 0.2) is 24.8 Å². The molecule has 0 bridgehead atoms. The molecule has 0 saturated carbocycles. The van der Waals surface area contributed by atoms with E-state index >= 15 is 0 Å². The van der Waals surface area contributed by atoms with Gasteiger partial charge in [0.2, 0.25) is 0 Å². The molecule has 3 aromatic heterocycles. The average Bonchev–Trinajstić information content (AvgIpc) is 3.44. The van der Waals surface area contributed by atoms with Crippen molar-refractivity contribution in [3.63, 3.8) is 0 Å². The highest BCUT2D eigenvalue weighted by Gasteiger charge is 2.50. The van der Waals surface area contributed by atoms with Crippen molar-refractivity contribution >= 4 is 27.4 Å². The van der Waals surface area contributed by atoms with Gasteiger partial charge in [0.1, 0.15) is 17.0 Å². The molecule has 2 aliphatic rings. The summed E-state index contributed by atoms with van der Waals surface area (Å²) in [6.45, 7) is 8.60. The Morgan fingerprint density at radius 2 is 2.00 bits per heavy atom. The van der Waals surface area contributed by atoms with Crippen LogP contribution in [0.2, 0.25) is 0 Å². The van der Waals surface area contributed by atoms with Gasteiger partial charge in [-0.15, -0.1) is 11.3 Å². The summed E-state index contributed by atoms with van der Waals surface area (Å²) >= 11 is 1.10. The highest BCUT2D eigenvalue weighted by atomic mass is 32.1. The van der Waals surface area contributed by atoms with E-state index in [1.807, 2.05) is 12.4 Å². The third-order valence-electron chi connectivity index (χ3n) is 6.90. The van der Waals surface area contributed by atoms with Crippen molar-refractivity contribution in [3.8, 4) is 0 Å². The molecule has 11 heteroatoms. The monoisotopic (exact) mass is 494 g/mol. The fourth-order valence-electron chi connectivity index (χ4n) is 5.59. The quantitative estimate of drug-likeness (QED) is 0.538. The minimum atomic E-state index is -4.23. The van der Waals surface area contributed by atoms with Crippen molar-refractivity contribution in [2.45, 2.75) is 45.5 Å². The van der Waals surface area contributed by atoms with Gasteiger partial charge in [-0.1, -0.05) is 13.8 Å². The number of hydrogen-bond acceptors (Lipinski definition) is 7. The zero-order chi connectivity index (χ0) is 24.1. The first-order chi connectivity index (χ1) is 16.2. The number of aromatic nitrogens is 4. The van der Waals surface area contributed by atoms with Gasteiger partial charge >= 0.3 is 6.18 Å². The molecule has 34 heavy (non-hydrogen) atoms. The van der Waals surface area contributed by atoms with E-state index in [2.05, 4.69) is 38.7 Å². The number of halogens is 3. The van der Waals surface area contributed by atoms with Gasteiger partial charge < -0.3 is 10.0 Å². The molecule has 2 aliphatic heterocycles. The molecule has 0 amide bonds. The second-order valence-corrected chi connectivity index (χ2v) is 11.1. The molecule has 1 N–H and O–H groups in total. The van der Waals surface area contributed by atoms with Gasteiger partial charge in [0, 0.05) is 54.3 Å². The van der Waals surface area contributed by atoms with Crippen LogP contribution in [0, 0.1) is 11.3 Å². The number of aliphatic hydroxyl groups excluding tert-OH is 1. The van der Waals surface area contributed by atoms with E-state index in [9.17, 15) is 18.3 Å². The first-order valence-electron chi connectivity index (χ1n) is 11.6. The Hall–Kier alpha value is -2.24. The topological polar surface area (TPSA) is 70.3 Å². The minimum absolute atomic E-state index is 0.0638. The molecule has 0 aliphatic carbocycles. The fraction of sp³-hybridized carbons (Fsp3) is 0.609. The summed E-state index contributed by atoms with van der Waals surface area (Å²) in [4.78, 5) is 14.3. The second kappa shape index (κ2) is 8.76. The van der Waals surface area contributed by atoms with Crippen molar-refractivity contribution in [1.82, 2.24) is 24.6 Å². The number of rotatable bonds is 7. The van der Waals surface area contributed by atoms with Gasteiger partial charge in [0.05, 0.1) is 31.2 Å². The van der Waals surface area contributed by atoms with Crippen molar-refractivity contribution in [2.24, 2.45) is 11.3 Å². The molecule has 1 atom stereocenters. The van der Waals surface area contributed by atoms with E-state index in [4.69, 9.17) is 0 Å². The van der Waals surface area contributed by atoms with E-state index < -0.39 is 12.6 Å². The summed E-state index contributed by atoms with van der Waals surface area (Å²) in [6, 6.07) is 1.87. The first-order valence-corrected chi connectivity index (χ1v) is 12.4. The Morgan fingerprint density at radius 3 is 2.71 bits per heavy atom. The lowest BCUT2D eigenvalue weighted by atomic mass is 9.76. The summed E-state index contributed by atoms with van der Waals surface area (Å²) in [5.41, 5.74) is 1.33. The highest BCUT2D eigenvalue weighted by Crippen LogP contribution is 2.47. The van der Waals surface area contributed by atoms with Crippen LogP contribution < -0.4 is 4.90 Å². The SMILES string of the molecule is CC(C)C(c1cnn(CCO)c1)N1CC2(CCN(c3ncnc4sc(CC(F)(F)F)cc34)C2)C1. The Bertz CT molecular complexity index is 1150. The van der Waals surface area contributed by atoms with Gasteiger partial charge in [-0.3, -0.25) is 9.58 Å². The van der Waals surface area contributed by atoms with Crippen LogP contribution >= 0.6 is 11.3 Å². The van der Waals surface area contributed by atoms with Crippen LogP contribution in [0.1, 0.15) is 36.8 Å². The number of hydrogen-bond donors (Lipinski definition) is 1. The molecule has 1 spiro atoms. The summed E-state index contributed by atoms with van der Waals surface area (Å²) in [5, 5.41) is 14.3. The van der Waals surface area contributed by atoms with E-state index in [1.165, 1.54) is 11.9 Å². The molecule has 5 rings (SSSR count). The van der Waals surface area contributed by atoms with E-state index in [1.54, 1.807) is 10.7 Å². The predicted molar refractivity (Wildman–Crippen MR) is 125 cm³/mol. The lowest BCUT2D eigenvalue weighted by molar-refractivity contribution is -0.126. The smallest absolute Gasteiger partial charge is 0.393 e. The number of aliphatic hydroxyl groups is 1. The largest absolute Gasteiger partial charge is 0.394 e. The summed E-state index contributed by atoms with van der Waals surface area (Å²) < 4.78 is 40.4. The summed E-state index contributed by atoms with van der Waals surface area (Å²) in [5.74, 6) is 1.16. The normalized spacial score (nSPS) is 19.4. The number of thiophene rings is 1. The van der Waals surface area contributed by atoms with Crippen molar-refractivity contribution in [2.75, 3.05) is 37.7 Å². The van der Waals surface area contributed by atoms with Crippen LogP contribution in [0.25, 0.3) is 10.2 Å². The number of anilines is 1. The molecular weight excluding hydrogens is 465 g/mol. The molecule has 3 aromatic rings. The van der Waals surface area contributed by atoms with Gasteiger partial charge in [-0.25, -0.2) is 9.97 Å². The Balaban J connectivity index is 1.29. The van der Waals surface area contributed by atoms with Crippen LogP contribution in [-0.2, 0) is 13.0 Å². The summed E-state index contributed by atoms with van der Waals surface area (Å²) in [7, 11) is 0. The Kier molecular flexibility index (Phi) is 6.06. The van der Waals surface area contributed by atoms with E-state index in [0.29, 0.717) is 17.3 Å². The molecular formula is C23H29F3N6OS. The van der Waals surface area contributed by atoms with Gasteiger partial charge in [0.25, 0.3) is 0 Å². The number of alkyl halides is 3. The number of nitrogens with zero attached hydrogens (tertiary/aromatic N) is 6. The van der Waals surface area contributed by atoms with Crippen LogP contribution in [0.4, 0.5) is 19.0 Å². The lowest BCUT2D eigenvalue weighted by Gasteiger charge is -2.52. The van der Waals surface area contributed by atoms with Crippen LogP contribution in [-0.4, -0.2) is 68.7 Å². The molecule has 1 unspecified atom stereocenters. The van der Waals surface area contributed by atoms with Crippen molar-refractivity contribution in [3.05, 3.63) is 35.2 Å². The van der Waals surface area contributed by atoms with Gasteiger partial charge in [-0.2, -0.15) is 18.3 Å². The van der Waals surface area contributed by atoms with Crippen molar-refractivity contribution < 1.29 is 18.3 Å². The van der Waals surface area contributed by atoms with Gasteiger partial charge in [-0.05, 0) is 18.4 Å². The predicted octanol–water partition coefficient (Wildman–Crippen LogP) is 3.89. The van der Waals surface area contributed by atoms with E-state index in [0.717, 1.165) is 55.1 Å². The number of likely N-dealkylation sites (tertiary alicyclic amines) is 1. The average molecular weight is 495 g/mol. The maximum atomic E-state index is 12.9. The molecule has 7 nitrogen and oxygen atoms in total. The first kappa shape index (κ1) is 23.5. The standard InChI is InChI=1S/C23H29F3N6OS/c1-15(2)19(16-9-29-32(10-16)5-6-33)31-12-22(13-31)3-4-30(11-22)20-18-7-17(8-23(24,25)26)34-21(18)28-14-27-20/h7,9-10,14-15,19,33H,3-6,8,11-13H2,1-2H3. The molecule has 0 aromatic carbocycles. The van der Waals surface area contributed by atoms with Crippen LogP contribution in [0.3, 0.4) is 0 Å². The third kappa shape index (κ3) is 4.52. The zero-order valence-electron chi connectivity index (χ0n) is 19.3. The van der Waals surface area contributed by atoms with E-state index in [-0.39, 0.29) is 22.9 Å². The van der Waals surface area contributed by atoms with Gasteiger partial charge in [0.15, 0.2) is 0 Å². The molecule has 184 valence electrons. The van der Waals surface area contributed by atoms with Crippen LogP contribution in [0.5, 0.6) is 0 Å².